The highest BCUT2D eigenvalue weighted by Gasteiger charge is 2.43. The van der Waals surface area contributed by atoms with Gasteiger partial charge in [-0.1, -0.05) is 27.2 Å². The van der Waals surface area contributed by atoms with Gasteiger partial charge in [-0.3, -0.25) is 4.79 Å². The second-order valence-electron chi connectivity index (χ2n) is 9.78. The molecule has 0 saturated carbocycles. The van der Waals surface area contributed by atoms with Gasteiger partial charge in [0, 0.05) is 28.4 Å². The van der Waals surface area contributed by atoms with Crippen molar-refractivity contribution in [3.8, 4) is 17.2 Å². The average Bonchev–Trinajstić information content (AvgIpc) is 3.32. The van der Waals surface area contributed by atoms with Crippen LogP contribution in [0.15, 0.2) is 60.8 Å². The summed E-state index contributed by atoms with van der Waals surface area (Å²) in [6.45, 7) is 6.27. The molecule has 1 aromatic heterocycles. The molecule has 11 heteroatoms. The summed E-state index contributed by atoms with van der Waals surface area (Å²) in [6.07, 6.45) is -6.98. The Kier molecular flexibility index (Phi) is 8.55. The van der Waals surface area contributed by atoms with E-state index in [0.717, 1.165) is 18.4 Å². The maximum Gasteiger partial charge on any atom is 0.420 e. The number of aromatic amines is 1. The average molecular weight is 579 g/mol. The largest absolute Gasteiger partial charge is 0.494 e. The fourth-order valence-corrected chi connectivity index (χ4v) is 4.25. The van der Waals surface area contributed by atoms with Crippen LogP contribution < -0.4 is 14.8 Å². The molecule has 2 N–H and O–H groups in total. The molecular weight excluding hydrogens is 550 g/mol. The van der Waals surface area contributed by atoms with Crippen LogP contribution in [0.3, 0.4) is 0 Å². The Labute approximate surface area is 232 Å². The zero-order valence-electron chi connectivity index (χ0n) is 22.5. The van der Waals surface area contributed by atoms with Crippen molar-refractivity contribution >= 4 is 22.5 Å². The summed E-state index contributed by atoms with van der Waals surface area (Å²) in [7, 11) is 0. The van der Waals surface area contributed by atoms with Crippen LogP contribution in [-0.2, 0) is 12.4 Å². The third kappa shape index (κ3) is 6.96. The Morgan fingerprint density at radius 2 is 1.51 bits per heavy atom. The number of hydrogen-bond donors (Lipinski definition) is 2. The molecule has 218 valence electrons. The third-order valence-electron chi connectivity index (χ3n) is 6.37. The van der Waals surface area contributed by atoms with Crippen molar-refractivity contribution in [3.63, 3.8) is 0 Å². The number of aromatic nitrogens is 1. The summed E-state index contributed by atoms with van der Waals surface area (Å²) in [6, 6.07) is 10.8. The maximum atomic E-state index is 14.1. The highest BCUT2D eigenvalue weighted by molar-refractivity contribution is 6.04. The molecule has 5 nitrogen and oxygen atoms in total. The molecular formula is C30H28F6N2O3. The quantitative estimate of drug-likeness (QED) is 0.154. The van der Waals surface area contributed by atoms with Gasteiger partial charge < -0.3 is 19.8 Å². The Morgan fingerprint density at radius 3 is 2.07 bits per heavy atom. The molecule has 1 amide bonds. The Hall–Kier alpha value is -4.15. The molecule has 1 heterocycles. The Balaban J connectivity index is 1.70. The van der Waals surface area contributed by atoms with Gasteiger partial charge in [-0.2, -0.15) is 26.3 Å². The van der Waals surface area contributed by atoms with Crippen molar-refractivity contribution < 1.29 is 40.6 Å². The summed E-state index contributed by atoms with van der Waals surface area (Å²) >= 11 is 0. The van der Waals surface area contributed by atoms with Crippen LogP contribution in [0.2, 0.25) is 0 Å². The SMILES string of the molecule is CCCCOc1ccc(C(=O)Nc2cc(C(F)(F)F)c(Oc3ccc4[nH]cc(C(C)C)c4c3)c(C(F)(F)F)c2)cc1. The first-order valence-electron chi connectivity index (χ1n) is 12.9. The van der Waals surface area contributed by atoms with Crippen LogP contribution in [0, 0.1) is 0 Å². The molecule has 0 aliphatic rings. The zero-order valence-corrected chi connectivity index (χ0v) is 22.5. The second-order valence-corrected chi connectivity index (χ2v) is 9.78. The van der Waals surface area contributed by atoms with E-state index in [1.54, 1.807) is 6.20 Å². The topological polar surface area (TPSA) is 63.4 Å². The number of alkyl halides is 6. The number of carbonyl (C=O) groups is 1. The van der Waals surface area contributed by atoms with Crippen LogP contribution in [-0.4, -0.2) is 17.5 Å². The summed E-state index contributed by atoms with van der Waals surface area (Å²) in [4.78, 5) is 15.7. The van der Waals surface area contributed by atoms with Crippen LogP contribution in [0.1, 0.15) is 66.6 Å². The zero-order chi connectivity index (χ0) is 29.9. The van der Waals surface area contributed by atoms with Crippen molar-refractivity contribution in [3.05, 3.63) is 83.0 Å². The normalized spacial score (nSPS) is 12.1. The third-order valence-corrected chi connectivity index (χ3v) is 6.37. The van der Waals surface area contributed by atoms with Crippen molar-refractivity contribution in [2.75, 3.05) is 11.9 Å². The van der Waals surface area contributed by atoms with E-state index in [9.17, 15) is 31.1 Å². The Morgan fingerprint density at radius 1 is 0.902 bits per heavy atom. The second kappa shape index (κ2) is 11.8. The molecule has 4 aromatic rings. The molecule has 0 spiro atoms. The number of hydrogen-bond acceptors (Lipinski definition) is 3. The number of rotatable bonds is 9. The van der Waals surface area contributed by atoms with E-state index in [-0.39, 0.29) is 17.2 Å². The number of halogens is 6. The molecule has 4 rings (SSSR count). The van der Waals surface area contributed by atoms with Crippen LogP contribution in [0.25, 0.3) is 10.9 Å². The number of ether oxygens (including phenoxy) is 2. The van der Waals surface area contributed by atoms with Gasteiger partial charge >= 0.3 is 12.4 Å². The predicted octanol–water partition coefficient (Wildman–Crippen LogP) is 9.55. The van der Waals surface area contributed by atoms with Gasteiger partial charge in [0.15, 0.2) is 5.75 Å². The van der Waals surface area contributed by atoms with E-state index in [0.29, 0.717) is 35.4 Å². The number of anilines is 1. The minimum Gasteiger partial charge on any atom is -0.494 e. The van der Waals surface area contributed by atoms with Gasteiger partial charge in [0.25, 0.3) is 5.91 Å². The lowest BCUT2D eigenvalue weighted by atomic mass is 10.0. The fourth-order valence-electron chi connectivity index (χ4n) is 4.25. The first kappa shape index (κ1) is 29.8. The molecule has 0 bridgehead atoms. The number of fused-ring (bicyclic) bond motifs is 1. The number of benzene rings is 3. The summed E-state index contributed by atoms with van der Waals surface area (Å²) in [5, 5.41) is 2.76. The van der Waals surface area contributed by atoms with E-state index in [4.69, 9.17) is 9.47 Å². The molecule has 0 atom stereocenters. The van der Waals surface area contributed by atoms with E-state index in [1.807, 2.05) is 20.8 Å². The van der Waals surface area contributed by atoms with Crippen molar-refractivity contribution in [2.24, 2.45) is 0 Å². The van der Waals surface area contributed by atoms with Crippen LogP contribution in [0.5, 0.6) is 17.2 Å². The minimum atomic E-state index is -5.23. The number of H-pyrrole nitrogens is 1. The highest BCUT2D eigenvalue weighted by Crippen LogP contribution is 2.48. The molecule has 3 aromatic carbocycles. The Bertz CT molecular complexity index is 1490. The van der Waals surface area contributed by atoms with E-state index in [2.05, 4.69) is 10.3 Å². The number of nitrogens with one attached hydrogen (secondary N) is 2. The van der Waals surface area contributed by atoms with Gasteiger partial charge in [0.1, 0.15) is 22.6 Å². The molecule has 0 aliphatic heterocycles. The van der Waals surface area contributed by atoms with Gasteiger partial charge in [-0.05, 0) is 72.5 Å². The van der Waals surface area contributed by atoms with Gasteiger partial charge in [-0.15, -0.1) is 0 Å². The van der Waals surface area contributed by atoms with Crippen LogP contribution in [0.4, 0.5) is 32.0 Å². The molecule has 0 aliphatic carbocycles. The van der Waals surface area contributed by atoms with Gasteiger partial charge in [0.05, 0.1) is 6.61 Å². The fraction of sp³-hybridized carbons (Fsp3) is 0.300. The standard InChI is InChI=1S/C30H28F6N2O3/c1-4-5-12-40-20-8-6-18(7-9-20)28(39)38-19-13-24(29(31,32)33)27(25(14-19)30(34,35)36)41-21-10-11-26-22(15-21)23(16-37-26)17(2)3/h6-11,13-17,37H,4-5,12H2,1-3H3,(H,38,39). The number of amides is 1. The van der Waals surface area contributed by atoms with Gasteiger partial charge in [-0.25, -0.2) is 0 Å². The number of unbranched alkanes of at least 4 members (excludes halogenated alkanes) is 1. The minimum absolute atomic E-state index is 0.0241. The first-order chi connectivity index (χ1) is 19.3. The summed E-state index contributed by atoms with van der Waals surface area (Å²) in [5.41, 5.74) is -2.53. The van der Waals surface area contributed by atoms with Crippen molar-refractivity contribution in [1.82, 2.24) is 4.98 Å². The van der Waals surface area contributed by atoms with E-state index < -0.39 is 40.8 Å². The van der Waals surface area contributed by atoms with E-state index >= 15 is 0 Å². The van der Waals surface area contributed by atoms with Crippen molar-refractivity contribution in [2.45, 2.75) is 51.9 Å². The lowest BCUT2D eigenvalue weighted by Gasteiger charge is -2.21. The molecule has 0 radical (unpaired) electrons. The lowest BCUT2D eigenvalue weighted by molar-refractivity contribution is -0.144. The van der Waals surface area contributed by atoms with Crippen molar-refractivity contribution in [1.29, 1.82) is 0 Å². The number of carbonyl (C=O) groups excluding carboxylic acids is 1. The monoisotopic (exact) mass is 578 g/mol. The first-order valence-corrected chi connectivity index (χ1v) is 12.9. The van der Waals surface area contributed by atoms with Gasteiger partial charge in [0.2, 0.25) is 0 Å². The maximum absolute atomic E-state index is 14.1. The predicted molar refractivity (Wildman–Crippen MR) is 144 cm³/mol. The smallest absolute Gasteiger partial charge is 0.420 e. The molecule has 41 heavy (non-hydrogen) atoms. The van der Waals surface area contributed by atoms with E-state index in [1.165, 1.54) is 42.5 Å². The van der Waals surface area contributed by atoms with Crippen LogP contribution >= 0.6 is 0 Å². The molecule has 0 unspecified atom stereocenters. The highest BCUT2D eigenvalue weighted by atomic mass is 19.4. The summed E-state index contributed by atoms with van der Waals surface area (Å²) in [5.74, 6) is -1.97. The molecule has 0 fully saturated rings. The lowest BCUT2D eigenvalue weighted by Crippen LogP contribution is -2.17. The summed E-state index contributed by atoms with van der Waals surface area (Å²) < 4.78 is 95.6. The molecule has 0 saturated heterocycles.